The topological polar surface area (TPSA) is 46.5 Å². The van der Waals surface area contributed by atoms with Gasteiger partial charge in [0.05, 0.1) is 7.11 Å². The Kier molecular flexibility index (Phi) is 3.10. The van der Waals surface area contributed by atoms with Crippen LogP contribution in [-0.2, 0) is 9.53 Å². The number of rotatable bonds is 2. The van der Waals surface area contributed by atoms with Crippen LogP contribution in [0.3, 0.4) is 0 Å². The Morgan fingerprint density at radius 3 is 2.59 bits per heavy atom. The van der Waals surface area contributed by atoms with Gasteiger partial charge in [-0.15, -0.1) is 0 Å². The van der Waals surface area contributed by atoms with Crippen LogP contribution in [0.15, 0.2) is 42.5 Å². The molecular formula is C14H12O3. The highest BCUT2D eigenvalue weighted by atomic mass is 16.5. The van der Waals surface area contributed by atoms with Gasteiger partial charge >= 0.3 is 5.97 Å². The van der Waals surface area contributed by atoms with Gasteiger partial charge in [0.2, 0.25) is 0 Å². The second-order valence-corrected chi connectivity index (χ2v) is 3.58. The molecule has 2 aromatic rings. The molecular weight excluding hydrogens is 216 g/mol. The number of carbonyl (C=O) groups excluding carboxylic acids is 1. The van der Waals surface area contributed by atoms with Crippen molar-refractivity contribution < 1.29 is 14.6 Å². The highest BCUT2D eigenvalue weighted by Crippen LogP contribution is 2.27. The average molecular weight is 228 g/mol. The molecule has 0 amide bonds. The maximum Gasteiger partial charge on any atom is 0.330 e. The summed E-state index contributed by atoms with van der Waals surface area (Å²) in [5, 5.41) is 11.4. The smallest absolute Gasteiger partial charge is 0.330 e. The molecule has 0 fully saturated rings. The highest BCUT2D eigenvalue weighted by molar-refractivity contribution is 5.97. The summed E-state index contributed by atoms with van der Waals surface area (Å²) in [7, 11) is 1.33. The van der Waals surface area contributed by atoms with E-state index in [1.165, 1.54) is 13.2 Å². The van der Waals surface area contributed by atoms with Gasteiger partial charge in [-0.1, -0.05) is 30.3 Å². The van der Waals surface area contributed by atoms with Gasteiger partial charge in [-0.25, -0.2) is 4.79 Å². The van der Waals surface area contributed by atoms with Gasteiger partial charge in [-0.2, -0.15) is 0 Å². The summed E-state index contributed by atoms with van der Waals surface area (Å²) in [6, 6.07) is 10.8. The van der Waals surface area contributed by atoms with Crippen LogP contribution < -0.4 is 0 Å². The number of benzene rings is 2. The largest absolute Gasteiger partial charge is 0.507 e. The van der Waals surface area contributed by atoms with E-state index in [0.717, 1.165) is 16.3 Å². The van der Waals surface area contributed by atoms with Gasteiger partial charge in [-0.05, 0) is 23.1 Å². The number of hydrogen-bond acceptors (Lipinski definition) is 3. The third-order valence-corrected chi connectivity index (χ3v) is 2.53. The van der Waals surface area contributed by atoms with Crippen molar-refractivity contribution in [1.29, 1.82) is 0 Å². The summed E-state index contributed by atoms with van der Waals surface area (Å²) < 4.78 is 4.53. The first-order valence-corrected chi connectivity index (χ1v) is 5.19. The monoisotopic (exact) mass is 228 g/mol. The number of carbonyl (C=O) groups is 1. The number of fused-ring (bicyclic) bond motifs is 1. The number of phenolic OH excluding ortho intramolecular Hbond substituents is 1. The van der Waals surface area contributed by atoms with Crippen LogP contribution in [0, 0.1) is 0 Å². The van der Waals surface area contributed by atoms with Gasteiger partial charge in [0, 0.05) is 11.5 Å². The van der Waals surface area contributed by atoms with E-state index < -0.39 is 5.97 Å². The number of hydrogen-bond donors (Lipinski definition) is 1. The van der Waals surface area contributed by atoms with Gasteiger partial charge in [0.1, 0.15) is 5.75 Å². The summed E-state index contributed by atoms with van der Waals surface area (Å²) in [6.45, 7) is 0. The van der Waals surface area contributed by atoms with E-state index in [2.05, 4.69) is 4.74 Å². The van der Waals surface area contributed by atoms with Crippen molar-refractivity contribution in [3.8, 4) is 5.75 Å². The predicted octanol–water partition coefficient (Wildman–Crippen LogP) is 2.73. The van der Waals surface area contributed by atoms with E-state index in [0.29, 0.717) is 0 Å². The number of phenols is 1. The van der Waals surface area contributed by atoms with Crippen molar-refractivity contribution in [2.75, 3.05) is 7.11 Å². The Morgan fingerprint density at radius 2 is 1.88 bits per heavy atom. The molecule has 0 unspecified atom stereocenters. The van der Waals surface area contributed by atoms with Crippen LogP contribution in [0.2, 0.25) is 0 Å². The molecule has 0 bridgehead atoms. The lowest BCUT2D eigenvalue weighted by atomic mass is 10.0. The van der Waals surface area contributed by atoms with Crippen molar-refractivity contribution in [2.24, 2.45) is 0 Å². The molecule has 86 valence electrons. The van der Waals surface area contributed by atoms with Gasteiger partial charge in [-0.3, -0.25) is 0 Å². The molecule has 1 N–H and O–H groups in total. The van der Waals surface area contributed by atoms with Crippen LogP contribution >= 0.6 is 0 Å². The van der Waals surface area contributed by atoms with Crippen LogP contribution in [0.4, 0.5) is 0 Å². The molecule has 0 atom stereocenters. The molecule has 17 heavy (non-hydrogen) atoms. The standard InChI is InChI=1S/C14H12O3/c1-17-14(16)9-7-10-6-8-13(15)12-5-3-2-4-11(10)12/h2-9,15H,1H3. The summed E-state index contributed by atoms with van der Waals surface area (Å²) >= 11 is 0. The molecule has 3 heteroatoms. The first-order valence-electron chi connectivity index (χ1n) is 5.19. The van der Waals surface area contributed by atoms with Crippen LogP contribution in [0.1, 0.15) is 5.56 Å². The van der Waals surface area contributed by atoms with E-state index >= 15 is 0 Å². The second kappa shape index (κ2) is 4.70. The van der Waals surface area contributed by atoms with Crippen LogP contribution in [-0.4, -0.2) is 18.2 Å². The number of esters is 1. The Hall–Kier alpha value is -2.29. The lowest BCUT2D eigenvalue weighted by molar-refractivity contribution is -0.134. The van der Waals surface area contributed by atoms with Crippen molar-refractivity contribution >= 4 is 22.8 Å². The maximum absolute atomic E-state index is 11.0. The molecule has 2 rings (SSSR count). The molecule has 0 aliphatic carbocycles. The average Bonchev–Trinajstić information content (AvgIpc) is 2.38. The first-order chi connectivity index (χ1) is 8.22. The van der Waals surface area contributed by atoms with Crippen molar-refractivity contribution in [3.05, 3.63) is 48.0 Å². The molecule has 0 aromatic heterocycles. The first kappa shape index (κ1) is 11.2. The molecule has 0 saturated carbocycles. The molecule has 0 spiro atoms. The van der Waals surface area contributed by atoms with E-state index in [1.807, 2.05) is 24.3 Å². The Bertz CT molecular complexity index is 585. The van der Waals surface area contributed by atoms with E-state index in [-0.39, 0.29) is 5.75 Å². The fourth-order valence-corrected chi connectivity index (χ4v) is 1.68. The molecule has 0 aliphatic rings. The molecule has 0 saturated heterocycles. The number of aromatic hydroxyl groups is 1. The minimum atomic E-state index is -0.401. The molecule has 3 nitrogen and oxygen atoms in total. The third-order valence-electron chi connectivity index (χ3n) is 2.53. The van der Waals surface area contributed by atoms with Gasteiger partial charge < -0.3 is 9.84 Å². The Morgan fingerprint density at radius 1 is 1.18 bits per heavy atom. The normalized spacial score (nSPS) is 10.9. The zero-order valence-electron chi connectivity index (χ0n) is 9.38. The van der Waals surface area contributed by atoms with Gasteiger partial charge in [0.15, 0.2) is 0 Å². The molecule has 0 heterocycles. The van der Waals surface area contributed by atoms with E-state index in [9.17, 15) is 9.90 Å². The predicted molar refractivity (Wildman–Crippen MR) is 66.7 cm³/mol. The Labute approximate surface area is 99.0 Å². The fourth-order valence-electron chi connectivity index (χ4n) is 1.68. The van der Waals surface area contributed by atoms with E-state index in [4.69, 9.17) is 0 Å². The quantitative estimate of drug-likeness (QED) is 0.635. The molecule has 2 aromatic carbocycles. The summed E-state index contributed by atoms with van der Waals surface area (Å²) in [6.07, 6.45) is 3.03. The van der Waals surface area contributed by atoms with Crippen LogP contribution in [0.25, 0.3) is 16.8 Å². The Balaban J connectivity index is 2.52. The lowest BCUT2D eigenvalue weighted by Crippen LogP contribution is -1.93. The van der Waals surface area contributed by atoms with Crippen LogP contribution in [0.5, 0.6) is 5.75 Å². The zero-order chi connectivity index (χ0) is 12.3. The number of methoxy groups -OCH3 is 1. The summed E-state index contributed by atoms with van der Waals surface area (Å²) in [5.74, 6) is -0.169. The van der Waals surface area contributed by atoms with Crippen molar-refractivity contribution in [1.82, 2.24) is 0 Å². The SMILES string of the molecule is COC(=O)C=Cc1ccc(O)c2ccccc12. The number of ether oxygens (including phenoxy) is 1. The molecule has 0 radical (unpaired) electrons. The second-order valence-electron chi connectivity index (χ2n) is 3.58. The summed E-state index contributed by atoms with van der Waals surface area (Å²) in [4.78, 5) is 11.0. The third kappa shape index (κ3) is 2.28. The molecule has 0 aliphatic heterocycles. The minimum absolute atomic E-state index is 0.232. The van der Waals surface area contributed by atoms with Crippen molar-refractivity contribution in [3.63, 3.8) is 0 Å². The highest BCUT2D eigenvalue weighted by Gasteiger charge is 2.02. The van der Waals surface area contributed by atoms with Crippen molar-refractivity contribution in [2.45, 2.75) is 0 Å². The fraction of sp³-hybridized carbons (Fsp3) is 0.0714. The van der Waals surface area contributed by atoms with Gasteiger partial charge in [0.25, 0.3) is 0 Å². The zero-order valence-corrected chi connectivity index (χ0v) is 9.38. The van der Waals surface area contributed by atoms with E-state index in [1.54, 1.807) is 18.2 Å². The summed E-state index contributed by atoms with van der Waals surface area (Å²) in [5.41, 5.74) is 0.865. The minimum Gasteiger partial charge on any atom is -0.507 e. The maximum atomic E-state index is 11.0. The lowest BCUT2D eigenvalue weighted by Gasteiger charge is -2.04.